The van der Waals surface area contributed by atoms with Gasteiger partial charge in [-0.2, -0.15) is 26.3 Å². The van der Waals surface area contributed by atoms with Gasteiger partial charge in [-0.3, -0.25) is 0 Å². The van der Waals surface area contributed by atoms with Gasteiger partial charge in [0, 0.05) is 23.9 Å². The molecular formula is C18H12F6N2O2S. The molecule has 0 amide bonds. The van der Waals surface area contributed by atoms with Crippen LogP contribution in [0.4, 0.5) is 26.3 Å². The van der Waals surface area contributed by atoms with Crippen molar-refractivity contribution in [1.82, 2.24) is 10.1 Å². The summed E-state index contributed by atoms with van der Waals surface area (Å²) in [6, 6.07) is 6.15. The van der Waals surface area contributed by atoms with Crippen LogP contribution < -0.4 is 0 Å². The van der Waals surface area contributed by atoms with Crippen LogP contribution in [-0.4, -0.2) is 20.4 Å². The van der Waals surface area contributed by atoms with E-state index in [-0.39, 0.29) is 33.4 Å². The highest BCUT2D eigenvalue weighted by molar-refractivity contribution is 7.91. The van der Waals surface area contributed by atoms with Gasteiger partial charge in [-0.25, -0.2) is 4.98 Å². The third-order valence-electron chi connectivity index (χ3n) is 3.94. The Kier molecular flexibility index (Phi) is 5.63. The van der Waals surface area contributed by atoms with E-state index in [2.05, 4.69) is 10.1 Å². The first kappa shape index (κ1) is 21.2. The minimum atomic E-state index is -4.66. The zero-order valence-corrected chi connectivity index (χ0v) is 15.5. The molecule has 11 heteroatoms. The van der Waals surface area contributed by atoms with Gasteiger partial charge >= 0.3 is 12.4 Å². The predicted molar refractivity (Wildman–Crippen MR) is 92.1 cm³/mol. The molecule has 0 saturated carbocycles. The molecular weight excluding hydrogens is 422 g/mol. The zero-order valence-electron chi connectivity index (χ0n) is 14.6. The molecule has 0 aliphatic carbocycles. The number of halogens is 6. The maximum atomic E-state index is 13.0. The Bertz CT molecular complexity index is 999. The number of hydrogen-bond donors (Lipinski definition) is 0. The van der Waals surface area contributed by atoms with Crippen molar-refractivity contribution in [2.45, 2.75) is 24.2 Å². The Morgan fingerprint density at radius 2 is 1.59 bits per heavy atom. The Labute approximate surface area is 163 Å². The van der Waals surface area contributed by atoms with Crippen LogP contribution in [0.25, 0.3) is 22.7 Å². The summed E-state index contributed by atoms with van der Waals surface area (Å²) in [7, 11) is 0. The van der Waals surface area contributed by atoms with Crippen LogP contribution in [-0.2, 0) is 23.5 Å². The zero-order chi connectivity index (χ0) is 21.4. The number of hydrogen-bond acceptors (Lipinski definition) is 4. The number of nitrogens with zero attached hydrogens (tertiary/aromatic N) is 2. The normalized spacial score (nSPS) is 13.5. The van der Waals surface area contributed by atoms with Gasteiger partial charge in [0.05, 0.1) is 11.1 Å². The van der Waals surface area contributed by atoms with Crippen LogP contribution in [0, 0.1) is 0 Å². The van der Waals surface area contributed by atoms with Crippen molar-refractivity contribution in [3.63, 3.8) is 0 Å². The van der Waals surface area contributed by atoms with E-state index in [4.69, 9.17) is 4.52 Å². The van der Waals surface area contributed by atoms with E-state index < -0.39 is 34.7 Å². The molecule has 3 aromatic rings. The van der Waals surface area contributed by atoms with E-state index in [9.17, 15) is 30.9 Å². The average Bonchev–Trinajstić information content (AvgIpc) is 3.15. The maximum absolute atomic E-state index is 13.0. The van der Waals surface area contributed by atoms with Crippen LogP contribution in [0.2, 0.25) is 0 Å². The van der Waals surface area contributed by atoms with E-state index in [1.807, 2.05) is 0 Å². The van der Waals surface area contributed by atoms with Crippen LogP contribution in [0.5, 0.6) is 0 Å². The van der Waals surface area contributed by atoms with E-state index in [0.717, 1.165) is 18.2 Å². The topological polar surface area (TPSA) is 62.0 Å². The molecule has 0 radical (unpaired) electrons. The number of aromatic nitrogens is 2. The molecule has 0 fully saturated rings. The molecule has 3 rings (SSSR count). The van der Waals surface area contributed by atoms with E-state index in [0.29, 0.717) is 6.20 Å². The first-order chi connectivity index (χ1) is 13.5. The van der Waals surface area contributed by atoms with Gasteiger partial charge in [0.2, 0.25) is 0 Å². The highest BCUT2D eigenvalue weighted by Gasteiger charge is 2.34. The standard InChI is InChI=1S/C18H12F6N2O2S/c1-2-29(27)15-7-12(18(22,23)24)9-25-16(15)13-8-14(28-26-13)10-3-5-11(6-4-10)17(19,20)21/h3-9H,2H2,1H3. The van der Waals surface area contributed by atoms with Gasteiger partial charge in [0.15, 0.2) is 10.7 Å². The lowest BCUT2D eigenvalue weighted by Crippen LogP contribution is -2.12. The maximum Gasteiger partial charge on any atom is 0.418 e. The highest BCUT2D eigenvalue weighted by atomic mass is 32.2. The van der Waals surface area contributed by atoms with Crippen LogP contribution in [0.15, 0.2) is 52.0 Å². The van der Waals surface area contributed by atoms with Crippen molar-refractivity contribution in [1.29, 1.82) is 0 Å². The van der Waals surface area contributed by atoms with Crippen LogP contribution in [0.1, 0.15) is 18.1 Å². The smallest absolute Gasteiger partial charge is 0.418 e. The average molecular weight is 434 g/mol. The number of alkyl halides is 6. The molecule has 29 heavy (non-hydrogen) atoms. The molecule has 0 N–H and O–H groups in total. The molecule has 0 spiro atoms. The molecule has 0 aliphatic rings. The number of pyridine rings is 1. The summed E-state index contributed by atoms with van der Waals surface area (Å²) < 4.78 is 94.2. The molecule has 1 atom stereocenters. The summed E-state index contributed by atoms with van der Waals surface area (Å²) in [5, 5.41) is 3.73. The molecule has 154 valence electrons. The van der Waals surface area contributed by atoms with Gasteiger partial charge in [-0.05, 0) is 30.2 Å². The van der Waals surface area contributed by atoms with Gasteiger partial charge in [0.25, 0.3) is 0 Å². The van der Waals surface area contributed by atoms with Crippen LogP contribution in [0.3, 0.4) is 0 Å². The highest BCUT2D eigenvalue weighted by Crippen LogP contribution is 2.36. The van der Waals surface area contributed by atoms with E-state index >= 15 is 0 Å². The second kappa shape index (κ2) is 7.71. The van der Waals surface area contributed by atoms with Crippen molar-refractivity contribution in [3.05, 3.63) is 53.7 Å². The van der Waals surface area contributed by atoms with Crippen LogP contribution >= 0.6 is 0 Å². The van der Waals surface area contributed by atoms with Crippen molar-refractivity contribution in [2.75, 3.05) is 5.75 Å². The summed E-state index contributed by atoms with van der Waals surface area (Å²) in [6.07, 6.45) is -8.56. The lowest BCUT2D eigenvalue weighted by Gasteiger charge is -2.13. The number of rotatable bonds is 4. The van der Waals surface area contributed by atoms with Crippen molar-refractivity contribution < 1.29 is 35.4 Å². The minimum absolute atomic E-state index is 0.0189. The molecule has 1 unspecified atom stereocenters. The molecule has 0 bridgehead atoms. The first-order valence-corrected chi connectivity index (χ1v) is 9.43. The Morgan fingerprint density at radius 3 is 2.14 bits per heavy atom. The molecule has 0 saturated heterocycles. The predicted octanol–water partition coefficient (Wildman–Crippen LogP) is 5.57. The second-order valence-corrected chi connectivity index (χ2v) is 7.56. The Morgan fingerprint density at radius 1 is 0.966 bits per heavy atom. The lowest BCUT2D eigenvalue weighted by molar-refractivity contribution is -0.138. The quantitative estimate of drug-likeness (QED) is 0.398. The summed E-state index contributed by atoms with van der Waals surface area (Å²) in [5.41, 5.74) is -1.65. The largest absolute Gasteiger partial charge is 0.611 e. The fraction of sp³-hybridized carbons (Fsp3) is 0.222. The third kappa shape index (κ3) is 4.56. The van der Waals surface area contributed by atoms with Crippen molar-refractivity contribution in [2.24, 2.45) is 0 Å². The molecule has 2 aromatic heterocycles. The molecule has 0 aliphatic heterocycles. The fourth-order valence-corrected chi connectivity index (χ4v) is 3.41. The van der Waals surface area contributed by atoms with Gasteiger partial charge in [-0.1, -0.05) is 17.3 Å². The summed E-state index contributed by atoms with van der Waals surface area (Å²) in [4.78, 5) is 3.60. The molecule has 1 aromatic carbocycles. The van der Waals surface area contributed by atoms with E-state index in [1.165, 1.54) is 25.1 Å². The first-order valence-electron chi connectivity index (χ1n) is 8.11. The fourth-order valence-electron chi connectivity index (χ4n) is 2.47. The summed E-state index contributed by atoms with van der Waals surface area (Å²) in [6.45, 7) is 1.54. The number of benzene rings is 1. The van der Waals surface area contributed by atoms with Gasteiger partial charge < -0.3 is 9.08 Å². The summed E-state index contributed by atoms with van der Waals surface area (Å²) in [5.74, 6) is 0.142. The van der Waals surface area contributed by atoms with Crippen molar-refractivity contribution in [3.8, 4) is 22.7 Å². The Hall–Kier alpha value is -2.53. The van der Waals surface area contributed by atoms with Crippen molar-refractivity contribution >= 4 is 11.2 Å². The molecule has 2 heterocycles. The van der Waals surface area contributed by atoms with E-state index in [1.54, 1.807) is 0 Å². The Balaban J connectivity index is 1.99. The minimum Gasteiger partial charge on any atom is -0.611 e. The third-order valence-corrected chi connectivity index (χ3v) is 5.26. The van der Waals surface area contributed by atoms with Gasteiger partial charge in [-0.15, -0.1) is 0 Å². The van der Waals surface area contributed by atoms with Gasteiger partial charge in [0.1, 0.15) is 17.1 Å². The second-order valence-electron chi connectivity index (χ2n) is 5.85. The lowest BCUT2D eigenvalue weighted by atomic mass is 10.1. The monoisotopic (exact) mass is 434 g/mol. The molecule has 4 nitrogen and oxygen atoms in total. The SMILES string of the molecule is CC[S+]([O-])c1cc(C(F)(F)F)cnc1-c1cc(-c2ccc(C(F)(F)F)cc2)on1. The summed E-state index contributed by atoms with van der Waals surface area (Å²) >= 11 is -1.77.